The first-order chi connectivity index (χ1) is 8.76. The Bertz CT molecular complexity index is 397. The summed E-state index contributed by atoms with van der Waals surface area (Å²) in [5.41, 5.74) is 0. The van der Waals surface area contributed by atoms with Crippen LogP contribution in [0.5, 0.6) is 0 Å². The summed E-state index contributed by atoms with van der Waals surface area (Å²) in [6, 6.07) is -1.83. The van der Waals surface area contributed by atoms with Gasteiger partial charge in [0.2, 0.25) is 10.0 Å². The molecule has 0 rings (SSSR count). The van der Waals surface area contributed by atoms with Crippen LogP contribution in [0, 0.1) is 0 Å². The zero-order valence-electron chi connectivity index (χ0n) is 10.5. The Morgan fingerprint density at radius 1 is 1.26 bits per heavy atom. The number of sulfonamides is 1. The highest BCUT2D eigenvalue weighted by molar-refractivity contribution is 7.88. The minimum absolute atomic E-state index is 0.0849. The fourth-order valence-corrected chi connectivity index (χ4v) is 1.66. The van der Waals surface area contributed by atoms with Crippen LogP contribution in [0.25, 0.3) is 0 Å². The van der Waals surface area contributed by atoms with Crippen LogP contribution in [0.15, 0.2) is 0 Å². The molecule has 9 nitrogen and oxygen atoms in total. The molecule has 0 saturated carbocycles. The number of urea groups is 1. The van der Waals surface area contributed by atoms with Crippen molar-refractivity contribution >= 4 is 22.0 Å². The van der Waals surface area contributed by atoms with Crippen molar-refractivity contribution in [2.45, 2.75) is 18.9 Å². The number of carbonyl (C=O) groups is 2. The summed E-state index contributed by atoms with van der Waals surface area (Å²) in [7, 11) is -3.25. The number of carboxylic acid groups (broad SMARTS) is 1. The Labute approximate surface area is 111 Å². The number of nitrogens with one attached hydrogen (secondary N) is 3. The quantitative estimate of drug-likeness (QED) is 0.313. The van der Waals surface area contributed by atoms with Crippen molar-refractivity contribution in [2.75, 3.05) is 26.0 Å². The third kappa shape index (κ3) is 10.2. The fraction of sp³-hybridized carbons (Fsp3) is 0.778. The van der Waals surface area contributed by atoms with Crippen molar-refractivity contribution in [1.82, 2.24) is 15.4 Å². The summed E-state index contributed by atoms with van der Waals surface area (Å²) in [5.74, 6) is -1.23. The van der Waals surface area contributed by atoms with E-state index in [1.165, 1.54) is 0 Å². The molecule has 0 spiro atoms. The van der Waals surface area contributed by atoms with Gasteiger partial charge in [-0.1, -0.05) is 0 Å². The van der Waals surface area contributed by atoms with Crippen LogP contribution < -0.4 is 15.4 Å². The maximum atomic E-state index is 11.3. The maximum Gasteiger partial charge on any atom is 0.326 e. The van der Waals surface area contributed by atoms with Crippen LogP contribution >= 0.6 is 0 Å². The summed E-state index contributed by atoms with van der Waals surface area (Å²) in [4.78, 5) is 22.0. The van der Waals surface area contributed by atoms with Gasteiger partial charge in [0.15, 0.2) is 0 Å². The molecule has 10 heteroatoms. The third-order valence-corrected chi connectivity index (χ3v) is 2.75. The van der Waals surface area contributed by atoms with Gasteiger partial charge in [-0.2, -0.15) is 0 Å². The number of aliphatic hydroxyl groups excluding tert-OH is 1. The standard InChI is InChI=1S/C9H19N3O6S/c1-19(17,18)11-5-2-4-10-9(16)12-7(3-6-13)8(14)15/h7,11,13H,2-6H2,1H3,(H,14,15)(H2,10,12,16)/t7-/m1/s1. The Hall–Kier alpha value is -1.39. The van der Waals surface area contributed by atoms with Crippen molar-refractivity contribution in [2.24, 2.45) is 0 Å². The number of rotatable bonds is 9. The molecular formula is C9H19N3O6S. The molecule has 0 aliphatic rings. The highest BCUT2D eigenvalue weighted by Crippen LogP contribution is 1.91. The minimum atomic E-state index is -3.25. The van der Waals surface area contributed by atoms with Crippen molar-refractivity contribution < 1.29 is 28.2 Å². The van der Waals surface area contributed by atoms with Gasteiger partial charge in [-0.05, 0) is 6.42 Å². The van der Waals surface area contributed by atoms with E-state index in [1.807, 2.05) is 0 Å². The zero-order chi connectivity index (χ0) is 14.9. The van der Waals surface area contributed by atoms with Gasteiger partial charge in [0.25, 0.3) is 0 Å². The number of aliphatic hydroxyl groups is 1. The second kappa shape index (κ2) is 8.67. The van der Waals surface area contributed by atoms with Gasteiger partial charge in [0.05, 0.1) is 6.26 Å². The van der Waals surface area contributed by atoms with Gasteiger partial charge in [-0.15, -0.1) is 0 Å². The van der Waals surface area contributed by atoms with E-state index in [9.17, 15) is 18.0 Å². The molecule has 0 aromatic carbocycles. The minimum Gasteiger partial charge on any atom is -0.480 e. The number of carboxylic acids is 1. The predicted octanol–water partition coefficient (Wildman–Crippen LogP) is -1.94. The van der Waals surface area contributed by atoms with Crippen LogP contribution in [-0.2, 0) is 14.8 Å². The number of amides is 2. The normalized spacial score (nSPS) is 12.7. The van der Waals surface area contributed by atoms with E-state index in [4.69, 9.17) is 10.2 Å². The average Bonchev–Trinajstić information content (AvgIpc) is 2.26. The van der Waals surface area contributed by atoms with Crippen molar-refractivity contribution in [3.63, 3.8) is 0 Å². The molecule has 5 N–H and O–H groups in total. The van der Waals surface area contributed by atoms with E-state index in [2.05, 4.69) is 15.4 Å². The van der Waals surface area contributed by atoms with Crippen molar-refractivity contribution in [1.29, 1.82) is 0 Å². The molecule has 0 aliphatic carbocycles. The Morgan fingerprint density at radius 2 is 1.89 bits per heavy atom. The monoisotopic (exact) mass is 297 g/mol. The third-order valence-electron chi connectivity index (χ3n) is 2.02. The van der Waals surface area contributed by atoms with Crippen LogP contribution in [0.3, 0.4) is 0 Å². The molecule has 0 radical (unpaired) electrons. The molecule has 0 aromatic rings. The number of hydrogen-bond donors (Lipinski definition) is 5. The molecule has 0 unspecified atom stereocenters. The van der Waals surface area contributed by atoms with E-state index < -0.39 is 28.1 Å². The maximum absolute atomic E-state index is 11.3. The smallest absolute Gasteiger partial charge is 0.326 e. The SMILES string of the molecule is CS(=O)(=O)NCCCNC(=O)N[C@H](CCO)C(=O)O. The van der Waals surface area contributed by atoms with Crippen molar-refractivity contribution in [3.8, 4) is 0 Å². The summed E-state index contributed by atoms with van der Waals surface area (Å²) < 4.78 is 23.7. The number of hydrogen-bond acceptors (Lipinski definition) is 5. The molecule has 0 saturated heterocycles. The van der Waals surface area contributed by atoms with Gasteiger partial charge in [-0.3, -0.25) is 0 Å². The molecule has 1 atom stereocenters. The lowest BCUT2D eigenvalue weighted by atomic mass is 10.2. The molecule has 0 aromatic heterocycles. The van der Waals surface area contributed by atoms with E-state index >= 15 is 0 Å². The van der Waals surface area contributed by atoms with E-state index in [0.717, 1.165) is 6.26 Å². The van der Waals surface area contributed by atoms with Crippen LogP contribution in [0.1, 0.15) is 12.8 Å². The van der Waals surface area contributed by atoms with Crippen LogP contribution in [0.2, 0.25) is 0 Å². The Kier molecular flexibility index (Phi) is 8.03. The average molecular weight is 297 g/mol. The van der Waals surface area contributed by atoms with Gasteiger partial charge in [0, 0.05) is 26.1 Å². The Balaban J connectivity index is 3.83. The Morgan fingerprint density at radius 3 is 2.37 bits per heavy atom. The highest BCUT2D eigenvalue weighted by atomic mass is 32.2. The first kappa shape index (κ1) is 17.6. The van der Waals surface area contributed by atoms with Crippen LogP contribution in [-0.4, -0.2) is 62.6 Å². The second-order valence-electron chi connectivity index (χ2n) is 3.82. The summed E-state index contributed by atoms with van der Waals surface area (Å²) >= 11 is 0. The summed E-state index contributed by atoms with van der Waals surface area (Å²) in [6.45, 7) is 0.0213. The predicted molar refractivity (Wildman–Crippen MR) is 67.1 cm³/mol. The lowest BCUT2D eigenvalue weighted by Crippen LogP contribution is -2.46. The number of carbonyl (C=O) groups excluding carboxylic acids is 1. The molecular weight excluding hydrogens is 278 g/mol. The molecule has 0 heterocycles. The van der Waals surface area contributed by atoms with Gasteiger partial charge in [-0.25, -0.2) is 22.7 Å². The lowest BCUT2D eigenvalue weighted by molar-refractivity contribution is -0.139. The van der Waals surface area contributed by atoms with E-state index in [1.54, 1.807) is 0 Å². The van der Waals surface area contributed by atoms with Crippen molar-refractivity contribution in [3.05, 3.63) is 0 Å². The molecule has 2 amide bonds. The molecule has 0 fully saturated rings. The zero-order valence-corrected chi connectivity index (χ0v) is 11.4. The second-order valence-corrected chi connectivity index (χ2v) is 5.66. The summed E-state index contributed by atoms with van der Waals surface area (Å²) in [5, 5.41) is 21.9. The number of aliphatic carboxylic acids is 1. The summed E-state index contributed by atoms with van der Waals surface area (Å²) in [6.07, 6.45) is 1.32. The van der Waals surface area contributed by atoms with Gasteiger partial charge < -0.3 is 20.8 Å². The highest BCUT2D eigenvalue weighted by Gasteiger charge is 2.18. The van der Waals surface area contributed by atoms with Crippen LogP contribution in [0.4, 0.5) is 4.79 Å². The largest absolute Gasteiger partial charge is 0.480 e. The van der Waals surface area contributed by atoms with Gasteiger partial charge >= 0.3 is 12.0 Å². The first-order valence-corrected chi connectivity index (χ1v) is 7.48. The van der Waals surface area contributed by atoms with E-state index in [0.29, 0.717) is 6.42 Å². The first-order valence-electron chi connectivity index (χ1n) is 5.59. The van der Waals surface area contributed by atoms with Gasteiger partial charge in [0.1, 0.15) is 6.04 Å². The topological polar surface area (TPSA) is 145 Å². The lowest BCUT2D eigenvalue weighted by Gasteiger charge is -2.13. The van der Waals surface area contributed by atoms with E-state index in [-0.39, 0.29) is 26.1 Å². The molecule has 19 heavy (non-hydrogen) atoms. The molecule has 112 valence electrons. The fourth-order valence-electron chi connectivity index (χ4n) is 1.14. The molecule has 0 aliphatic heterocycles. The molecule has 0 bridgehead atoms.